The van der Waals surface area contributed by atoms with Crippen LogP contribution in [0.15, 0.2) is 0 Å². The Hall–Kier alpha value is -1.30. The molecule has 0 aliphatic rings. The second-order valence-corrected chi connectivity index (χ2v) is 4.27. The SMILES string of the molecule is CCCCN(C)c1snc(N)c1C(=O)OC. The number of aromatic nitrogens is 1. The van der Waals surface area contributed by atoms with Gasteiger partial charge in [-0.3, -0.25) is 0 Å². The van der Waals surface area contributed by atoms with Crippen LogP contribution in [0.4, 0.5) is 10.8 Å². The summed E-state index contributed by atoms with van der Waals surface area (Å²) < 4.78 is 8.68. The highest BCUT2D eigenvalue weighted by Crippen LogP contribution is 2.30. The fourth-order valence-electron chi connectivity index (χ4n) is 1.34. The summed E-state index contributed by atoms with van der Waals surface area (Å²) >= 11 is 1.23. The molecule has 90 valence electrons. The zero-order chi connectivity index (χ0) is 12.1. The van der Waals surface area contributed by atoms with Crippen molar-refractivity contribution in [1.82, 2.24) is 4.37 Å². The lowest BCUT2D eigenvalue weighted by molar-refractivity contribution is 0.0603. The quantitative estimate of drug-likeness (QED) is 0.798. The predicted molar refractivity (Wildman–Crippen MR) is 66.0 cm³/mol. The Balaban J connectivity index is 2.91. The predicted octanol–water partition coefficient (Wildman–Crippen LogP) is 1.75. The molecule has 0 unspecified atom stereocenters. The third-order valence-corrected chi connectivity index (χ3v) is 3.26. The highest BCUT2D eigenvalue weighted by molar-refractivity contribution is 7.11. The van der Waals surface area contributed by atoms with Gasteiger partial charge in [0.25, 0.3) is 0 Å². The van der Waals surface area contributed by atoms with E-state index in [-0.39, 0.29) is 5.82 Å². The minimum Gasteiger partial charge on any atom is -0.465 e. The molecule has 0 radical (unpaired) electrons. The van der Waals surface area contributed by atoms with Crippen LogP contribution in [0.2, 0.25) is 0 Å². The number of nitrogens with two attached hydrogens (primary N) is 1. The van der Waals surface area contributed by atoms with E-state index in [0.717, 1.165) is 24.4 Å². The number of anilines is 2. The van der Waals surface area contributed by atoms with E-state index in [2.05, 4.69) is 11.3 Å². The first-order valence-corrected chi connectivity index (χ1v) is 5.93. The van der Waals surface area contributed by atoms with Crippen molar-refractivity contribution in [3.05, 3.63) is 5.56 Å². The van der Waals surface area contributed by atoms with Gasteiger partial charge in [0.1, 0.15) is 10.6 Å². The number of ether oxygens (including phenoxy) is 1. The van der Waals surface area contributed by atoms with Crippen LogP contribution in [0.5, 0.6) is 0 Å². The van der Waals surface area contributed by atoms with E-state index in [9.17, 15) is 4.79 Å². The van der Waals surface area contributed by atoms with Crippen LogP contribution in [-0.2, 0) is 4.74 Å². The monoisotopic (exact) mass is 243 g/mol. The normalized spacial score (nSPS) is 10.2. The third-order valence-electron chi connectivity index (χ3n) is 2.28. The number of hydrogen-bond donors (Lipinski definition) is 1. The van der Waals surface area contributed by atoms with Gasteiger partial charge >= 0.3 is 5.97 Å². The van der Waals surface area contributed by atoms with Crippen LogP contribution in [-0.4, -0.2) is 31.0 Å². The summed E-state index contributed by atoms with van der Waals surface area (Å²) in [5.41, 5.74) is 6.04. The first-order valence-electron chi connectivity index (χ1n) is 5.16. The molecule has 0 aromatic carbocycles. The molecule has 0 bridgehead atoms. The van der Waals surface area contributed by atoms with Crippen LogP contribution in [0, 0.1) is 0 Å². The molecule has 5 nitrogen and oxygen atoms in total. The number of nitrogen functional groups attached to an aromatic ring is 1. The minimum absolute atomic E-state index is 0.246. The fourth-order valence-corrected chi connectivity index (χ4v) is 2.13. The van der Waals surface area contributed by atoms with E-state index in [1.807, 2.05) is 11.9 Å². The molecule has 16 heavy (non-hydrogen) atoms. The molecule has 2 N–H and O–H groups in total. The Kier molecular flexibility index (Phi) is 4.54. The number of unbranched alkanes of at least 4 members (excludes halogenated alkanes) is 1. The van der Waals surface area contributed by atoms with Crippen molar-refractivity contribution in [3.63, 3.8) is 0 Å². The zero-order valence-electron chi connectivity index (χ0n) is 9.82. The first-order chi connectivity index (χ1) is 7.61. The number of carbonyl (C=O) groups is 1. The van der Waals surface area contributed by atoms with Crippen molar-refractivity contribution in [2.75, 3.05) is 31.3 Å². The molecule has 0 spiro atoms. The minimum atomic E-state index is -0.426. The third kappa shape index (κ3) is 2.63. The summed E-state index contributed by atoms with van der Waals surface area (Å²) in [6.07, 6.45) is 2.17. The van der Waals surface area contributed by atoms with E-state index >= 15 is 0 Å². The summed E-state index contributed by atoms with van der Waals surface area (Å²) in [6, 6.07) is 0. The molecule has 0 aliphatic carbocycles. The first kappa shape index (κ1) is 12.8. The Bertz CT molecular complexity index is 365. The van der Waals surface area contributed by atoms with E-state index in [0.29, 0.717) is 5.56 Å². The maximum Gasteiger partial charge on any atom is 0.344 e. The van der Waals surface area contributed by atoms with Crippen molar-refractivity contribution in [3.8, 4) is 0 Å². The second kappa shape index (κ2) is 5.69. The lowest BCUT2D eigenvalue weighted by Crippen LogP contribution is -2.20. The molecule has 1 aromatic rings. The molecule has 0 saturated carbocycles. The highest BCUT2D eigenvalue weighted by Gasteiger charge is 2.22. The Morgan fingerprint density at radius 1 is 1.62 bits per heavy atom. The number of methoxy groups -OCH3 is 1. The lowest BCUT2D eigenvalue weighted by atomic mass is 10.3. The molecular formula is C10H17N3O2S. The largest absolute Gasteiger partial charge is 0.465 e. The number of carbonyl (C=O) groups excluding carboxylic acids is 1. The van der Waals surface area contributed by atoms with Gasteiger partial charge in [-0.15, -0.1) is 0 Å². The summed E-state index contributed by atoms with van der Waals surface area (Å²) in [5, 5.41) is 0.776. The highest BCUT2D eigenvalue weighted by atomic mass is 32.1. The second-order valence-electron chi connectivity index (χ2n) is 3.51. The van der Waals surface area contributed by atoms with E-state index in [4.69, 9.17) is 10.5 Å². The smallest absolute Gasteiger partial charge is 0.344 e. The summed E-state index contributed by atoms with van der Waals surface area (Å²) in [5.74, 6) is -0.181. The molecule has 6 heteroatoms. The lowest BCUT2D eigenvalue weighted by Gasteiger charge is -2.17. The Labute approximate surface area is 99.4 Å². The number of hydrogen-bond acceptors (Lipinski definition) is 6. The molecule has 0 saturated heterocycles. The molecule has 1 rings (SSSR count). The average Bonchev–Trinajstić information content (AvgIpc) is 2.67. The Morgan fingerprint density at radius 3 is 2.88 bits per heavy atom. The van der Waals surface area contributed by atoms with E-state index < -0.39 is 5.97 Å². The molecule has 1 aromatic heterocycles. The van der Waals surface area contributed by atoms with Gasteiger partial charge in [0.2, 0.25) is 0 Å². The number of esters is 1. The van der Waals surface area contributed by atoms with Crippen LogP contribution in [0.25, 0.3) is 0 Å². The van der Waals surface area contributed by atoms with Gasteiger partial charge in [0.15, 0.2) is 5.82 Å². The Morgan fingerprint density at radius 2 is 2.31 bits per heavy atom. The van der Waals surface area contributed by atoms with Crippen molar-refractivity contribution in [2.45, 2.75) is 19.8 Å². The van der Waals surface area contributed by atoms with Crippen molar-refractivity contribution in [1.29, 1.82) is 0 Å². The van der Waals surface area contributed by atoms with Gasteiger partial charge in [-0.2, -0.15) is 4.37 Å². The maximum absolute atomic E-state index is 11.5. The molecule has 0 fully saturated rings. The summed E-state index contributed by atoms with van der Waals surface area (Å²) in [4.78, 5) is 13.5. The summed E-state index contributed by atoms with van der Waals surface area (Å²) in [7, 11) is 3.27. The molecule has 0 amide bonds. The number of rotatable bonds is 5. The topological polar surface area (TPSA) is 68.5 Å². The zero-order valence-corrected chi connectivity index (χ0v) is 10.6. The van der Waals surface area contributed by atoms with E-state index in [1.54, 1.807) is 0 Å². The molecular weight excluding hydrogens is 226 g/mol. The van der Waals surface area contributed by atoms with Crippen LogP contribution in [0.1, 0.15) is 30.1 Å². The average molecular weight is 243 g/mol. The fraction of sp³-hybridized carbons (Fsp3) is 0.600. The summed E-state index contributed by atoms with van der Waals surface area (Å²) in [6.45, 7) is 3.00. The van der Waals surface area contributed by atoms with Gasteiger partial charge in [-0.05, 0) is 18.0 Å². The van der Waals surface area contributed by atoms with Crippen molar-refractivity contribution < 1.29 is 9.53 Å². The van der Waals surface area contributed by atoms with Gasteiger partial charge in [-0.1, -0.05) is 13.3 Å². The number of nitrogens with zero attached hydrogens (tertiary/aromatic N) is 2. The van der Waals surface area contributed by atoms with E-state index in [1.165, 1.54) is 18.6 Å². The maximum atomic E-state index is 11.5. The van der Waals surface area contributed by atoms with Gasteiger partial charge in [-0.25, -0.2) is 4.79 Å². The standard InChI is InChI=1S/C10H17N3O2S/c1-4-5-6-13(2)9-7(10(14)15-3)8(11)12-16-9/h4-6H2,1-3H3,(H2,11,12). The molecule has 0 atom stereocenters. The van der Waals surface area contributed by atoms with Crippen LogP contribution in [0.3, 0.4) is 0 Å². The van der Waals surface area contributed by atoms with Crippen molar-refractivity contribution >= 4 is 28.3 Å². The van der Waals surface area contributed by atoms with Crippen LogP contribution < -0.4 is 10.6 Å². The van der Waals surface area contributed by atoms with Crippen LogP contribution >= 0.6 is 11.5 Å². The van der Waals surface area contributed by atoms with Crippen molar-refractivity contribution in [2.24, 2.45) is 0 Å². The molecule has 0 aliphatic heterocycles. The van der Waals surface area contributed by atoms with Gasteiger partial charge in [0.05, 0.1) is 7.11 Å². The van der Waals surface area contributed by atoms with Gasteiger partial charge in [0, 0.05) is 13.6 Å². The van der Waals surface area contributed by atoms with Gasteiger partial charge < -0.3 is 15.4 Å². The molecule has 1 heterocycles.